The molecule has 0 aliphatic rings. The molecule has 0 aliphatic heterocycles. The number of ether oxygens (including phenoxy) is 1. The van der Waals surface area contributed by atoms with E-state index in [1.54, 1.807) is 12.1 Å². The Bertz CT molecular complexity index is 435. The second kappa shape index (κ2) is 6.93. The predicted molar refractivity (Wildman–Crippen MR) is 61.7 cm³/mol. The molecule has 0 fully saturated rings. The van der Waals surface area contributed by atoms with Gasteiger partial charge in [-0.3, -0.25) is 4.98 Å². The summed E-state index contributed by atoms with van der Waals surface area (Å²) < 4.78 is 40.8. The Balaban J connectivity index is 2.46. The van der Waals surface area contributed by atoms with E-state index in [2.05, 4.69) is 10.1 Å². The zero-order valence-electron chi connectivity index (χ0n) is 10.0. The smallest absolute Gasteiger partial charge is 0.389 e. The fourth-order valence-corrected chi connectivity index (χ4v) is 1.39. The average Bonchev–Trinajstić information content (AvgIpc) is 2.36. The van der Waals surface area contributed by atoms with Gasteiger partial charge < -0.3 is 15.7 Å². The quantitative estimate of drug-likeness (QED) is 0.274. The molecular formula is C11H14F3N3O2. The lowest BCUT2D eigenvalue weighted by molar-refractivity contribution is -0.138. The van der Waals surface area contributed by atoms with Crippen LogP contribution in [-0.2, 0) is 11.3 Å². The maximum atomic E-state index is 11.9. The van der Waals surface area contributed by atoms with Crippen LogP contribution in [0.5, 0.6) is 0 Å². The fraction of sp³-hybridized carbons (Fsp3) is 0.455. The molecular weight excluding hydrogens is 263 g/mol. The number of hydrogen-bond donors (Lipinski definition) is 2. The van der Waals surface area contributed by atoms with Gasteiger partial charge in [0, 0.05) is 24.8 Å². The summed E-state index contributed by atoms with van der Waals surface area (Å²) >= 11 is 0. The molecule has 0 saturated carbocycles. The first-order valence-corrected chi connectivity index (χ1v) is 5.50. The Morgan fingerprint density at radius 1 is 1.47 bits per heavy atom. The van der Waals surface area contributed by atoms with Crippen LogP contribution >= 0.6 is 0 Å². The fourth-order valence-electron chi connectivity index (χ4n) is 1.39. The number of oxime groups is 1. The molecule has 0 aromatic carbocycles. The lowest BCUT2D eigenvalue weighted by Gasteiger charge is -2.09. The van der Waals surface area contributed by atoms with Crippen molar-refractivity contribution < 1.29 is 23.1 Å². The molecule has 0 bridgehead atoms. The number of amidine groups is 1. The van der Waals surface area contributed by atoms with E-state index in [9.17, 15) is 13.2 Å². The van der Waals surface area contributed by atoms with Crippen molar-refractivity contribution in [2.24, 2.45) is 10.9 Å². The first-order chi connectivity index (χ1) is 8.94. The number of alkyl halides is 3. The lowest BCUT2D eigenvalue weighted by Crippen LogP contribution is -2.18. The molecule has 3 N–H and O–H groups in total. The number of halogens is 3. The Morgan fingerprint density at radius 3 is 2.84 bits per heavy atom. The number of nitrogens with two attached hydrogens (primary N) is 1. The van der Waals surface area contributed by atoms with E-state index in [-0.39, 0.29) is 31.2 Å². The first kappa shape index (κ1) is 15.2. The van der Waals surface area contributed by atoms with Gasteiger partial charge in [-0.15, -0.1) is 0 Å². The summed E-state index contributed by atoms with van der Waals surface area (Å²) in [5.41, 5.74) is 6.21. The Morgan fingerprint density at radius 2 is 2.21 bits per heavy atom. The maximum absolute atomic E-state index is 11.9. The standard InChI is InChI=1S/C11H14F3N3O2/c12-11(13,14)4-2-6-19-7-8-3-1-5-16-9(8)10(15)17-18/h1,3,5,18H,2,4,6-7H2,(H2,15,17). The minimum absolute atomic E-state index is 0.0238. The van der Waals surface area contributed by atoms with E-state index in [0.29, 0.717) is 5.56 Å². The molecule has 5 nitrogen and oxygen atoms in total. The van der Waals surface area contributed by atoms with E-state index in [1.807, 2.05) is 0 Å². The lowest BCUT2D eigenvalue weighted by atomic mass is 10.2. The van der Waals surface area contributed by atoms with Gasteiger partial charge in [0.15, 0.2) is 5.84 Å². The van der Waals surface area contributed by atoms with Crippen molar-refractivity contribution in [3.8, 4) is 0 Å². The molecule has 8 heteroatoms. The molecule has 0 saturated heterocycles. The molecule has 106 valence electrons. The Kier molecular flexibility index (Phi) is 5.56. The van der Waals surface area contributed by atoms with Crippen molar-refractivity contribution in [3.05, 3.63) is 29.6 Å². The number of rotatable bonds is 6. The van der Waals surface area contributed by atoms with Crippen molar-refractivity contribution in [1.29, 1.82) is 0 Å². The molecule has 0 atom stereocenters. The van der Waals surface area contributed by atoms with Crippen LogP contribution in [0.4, 0.5) is 13.2 Å². The zero-order chi connectivity index (χ0) is 14.3. The molecule has 1 aromatic rings. The van der Waals surface area contributed by atoms with Crippen molar-refractivity contribution in [2.75, 3.05) is 6.61 Å². The third-order valence-corrected chi connectivity index (χ3v) is 2.25. The van der Waals surface area contributed by atoms with Crippen LogP contribution in [0.2, 0.25) is 0 Å². The monoisotopic (exact) mass is 277 g/mol. The normalized spacial score (nSPS) is 12.7. The Labute approximate surface area is 107 Å². The highest BCUT2D eigenvalue weighted by molar-refractivity contribution is 5.96. The molecule has 1 heterocycles. The van der Waals surface area contributed by atoms with Crippen LogP contribution < -0.4 is 5.73 Å². The Hall–Kier alpha value is -1.83. The minimum Gasteiger partial charge on any atom is -0.409 e. The second-order valence-electron chi connectivity index (χ2n) is 3.77. The number of aromatic nitrogens is 1. The number of nitrogens with zero attached hydrogens (tertiary/aromatic N) is 2. The van der Waals surface area contributed by atoms with Gasteiger partial charge in [0.2, 0.25) is 0 Å². The van der Waals surface area contributed by atoms with Crippen LogP contribution in [0.25, 0.3) is 0 Å². The van der Waals surface area contributed by atoms with Crippen molar-refractivity contribution >= 4 is 5.84 Å². The summed E-state index contributed by atoms with van der Waals surface area (Å²) in [5, 5.41) is 11.4. The summed E-state index contributed by atoms with van der Waals surface area (Å²) in [6, 6.07) is 3.27. The van der Waals surface area contributed by atoms with Crippen LogP contribution in [0.1, 0.15) is 24.1 Å². The van der Waals surface area contributed by atoms with E-state index >= 15 is 0 Å². The van der Waals surface area contributed by atoms with Crippen LogP contribution in [0.3, 0.4) is 0 Å². The van der Waals surface area contributed by atoms with Crippen molar-refractivity contribution in [1.82, 2.24) is 4.98 Å². The zero-order valence-corrected chi connectivity index (χ0v) is 10.0. The van der Waals surface area contributed by atoms with Gasteiger partial charge in [0.05, 0.1) is 6.61 Å². The molecule has 0 amide bonds. The second-order valence-corrected chi connectivity index (χ2v) is 3.77. The van der Waals surface area contributed by atoms with Gasteiger partial charge in [0.1, 0.15) is 5.69 Å². The molecule has 0 aliphatic carbocycles. The highest BCUT2D eigenvalue weighted by Gasteiger charge is 2.25. The molecule has 1 rings (SSSR count). The molecule has 0 spiro atoms. The SMILES string of the molecule is N/C(=N/O)c1ncccc1COCCCC(F)(F)F. The summed E-state index contributed by atoms with van der Waals surface area (Å²) in [6.45, 7) is 0.0290. The summed E-state index contributed by atoms with van der Waals surface area (Å²) in [6.07, 6.45) is -3.70. The number of pyridine rings is 1. The highest BCUT2D eigenvalue weighted by atomic mass is 19.4. The van der Waals surface area contributed by atoms with Gasteiger partial charge >= 0.3 is 6.18 Å². The minimum atomic E-state index is -4.17. The topological polar surface area (TPSA) is 80.7 Å². The maximum Gasteiger partial charge on any atom is 0.389 e. The van der Waals surface area contributed by atoms with E-state index in [4.69, 9.17) is 15.7 Å². The highest BCUT2D eigenvalue weighted by Crippen LogP contribution is 2.21. The van der Waals surface area contributed by atoms with E-state index < -0.39 is 12.6 Å². The van der Waals surface area contributed by atoms with E-state index in [0.717, 1.165) is 0 Å². The molecule has 0 unspecified atom stereocenters. The first-order valence-electron chi connectivity index (χ1n) is 5.50. The molecule has 0 radical (unpaired) electrons. The van der Waals surface area contributed by atoms with Gasteiger partial charge in [-0.25, -0.2) is 0 Å². The third-order valence-electron chi connectivity index (χ3n) is 2.25. The third kappa shape index (κ3) is 5.56. The summed E-state index contributed by atoms with van der Waals surface area (Å²) in [4.78, 5) is 3.91. The van der Waals surface area contributed by atoms with Gasteiger partial charge in [-0.2, -0.15) is 13.2 Å². The van der Waals surface area contributed by atoms with Gasteiger partial charge in [-0.05, 0) is 12.5 Å². The van der Waals surface area contributed by atoms with Crippen LogP contribution in [-0.4, -0.2) is 28.8 Å². The molecule has 1 aromatic heterocycles. The summed E-state index contributed by atoms with van der Waals surface area (Å²) in [7, 11) is 0. The summed E-state index contributed by atoms with van der Waals surface area (Å²) in [5.74, 6) is -0.172. The number of hydrogen-bond acceptors (Lipinski definition) is 4. The van der Waals surface area contributed by atoms with Gasteiger partial charge in [-0.1, -0.05) is 11.2 Å². The van der Waals surface area contributed by atoms with Crippen molar-refractivity contribution in [2.45, 2.75) is 25.6 Å². The van der Waals surface area contributed by atoms with Crippen molar-refractivity contribution in [3.63, 3.8) is 0 Å². The average molecular weight is 277 g/mol. The molecule has 19 heavy (non-hydrogen) atoms. The van der Waals surface area contributed by atoms with E-state index in [1.165, 1.54) is 6.20 Å². The van der Waals surface area contributed by atoms with Crippen LogP contribution in [0, 0.1) is 0 Å². The van der Waals surface area contributed by atoms with Gasteiger partial charge in [0.25, 0.3) is 0 Å². The predicted octanol–water partition coefficient (Wildman–Crippen LogP) is 2.04. The largest absolute Gasteiger partial charge is 0.409 e. The van der Waals surface area contributed by atoms with Crippen LogP contribution in [0.15, 0.2) is 23.5 Å².